The average Bonchev–Trinajstić information content (AvgIpc) is 2.45. The molecular formula is C16H22N2O3. The predicted octanol–water partition coefficient (Wildman–Crippen LogP) is 2.42. The lowest BCUT2D eigenvalue weighted by atomic mass is 9.93. The fraction of sp³-hybridized carbons (Fsp3) is 0.500. The van der Waals surface area contributed by atoms with Crippen LogP contribution in [-0.2, 0) is 11.2 Å². The highest BCUT2D eigenvalue weighted by Gasteiger charge is 2.36. The van der Waals surface area contributed by atoms with Gasteiger partial charge < -0.3 is 15.3 Å². The van der Waals surface area contributed by atoms with Crippen LogP contribution in [0.3, 0.4) is 0 Å². The van der Waals surface area contributed by atoms with Crippen LogP contribution in [0.4, 0.5) is 4.79 Å². The molecule has 1 heterocycles. The number of carboxylic acids is 1. The molecule has 2 unspecified atom stereocenters. The monoisotopic (exact) mass is 290 g/mol. The summed E-state index contributed by atoms with van der Waals surface area (Å²) >= 11 is 0. The summed E-state index contributed by atoms with van der Waals surface area (Å²) in [6.07, 6.45) is 0.684. The molecule has 0 saturated heterocycles. The fourth-order valence-corrected chi connectivity index (χ4v) is 2.50. The van der Waals surface area contributed by atoms with E-state index in [4.69, 9.17) is 0 Å². The zero-order chi connectivity index (χ0) is 15.6. The number of fused-ring (bicyclic) bond motifs is 1. The van der Waals surface area contributed by atoms with Crippen molar-refractivity contribution in [2.24, 2.45) is 5.92 Å². The minimum Gasteiger partial charge on any atom is -0.479 e. The van der Waals surface area contributed by atoms with Gasteiger partial charge in [0.2, 0.25) is 0 Å². The van der Waals surface area contributed by atoms with Crippen molar-refractivity contribution in [1.82, 2.24) is 10.2 Å². The molecule has 0 spiro atoms. The molecule has 0 aromatic heterocycles. The van der Waals surface area contributed by atoms with Gasteiger partial charge in [-0.05, 0) is 30.4 Å². The Hall–Kier alpha value is -2.04. The van der Waals surface area contributed by atoms with Gasteiger partial charge in [-0.25, -0.2) is 9.59 Å². The van der Waals surface area contributed by atoms with Crippen LogP contribution in [0.15, 0.2) is 24.3 Å². The number of nitrogens with one attached hydrogen (secondary N) is 1. The van der Waals surface area contributed by atoms with Crippen LogP contribution in [0.25, 0.3) is 0 Å². The van der Waals surface area contributed by atoms with Gasteiger partial charge in [0.05, 0.1) is 0 Å². The molecule has 5 heteroatoms. The van der Waals surface area contributed by atoms with Crippen molar-refractivity contribution < 1.29 is 14.7 Å². The molecule has 2 amide bonds. The number of aliphatic carboxylic acids is 1. The van der Waals surface area contributed by atoms with Crippen LogP contribution < -0.4 is 5.32 Å². The van der Waals surface area contributed by atoms with Gasteiger partial charge in [-0.1, -0.05) is 38.1 Å². The molecule has 1 aliphatic heterocycles. The summed E-state index contributed by atoms with van der Waals surface area (Å²) < 4.78 is 0. The van der Waals surface area contributed by atoms with E-state index in [9.17, 15) is 14.7 Å². The number of benzene rings is 1. The maximum absolute atomic E-state index is 12.4. The summed E-state index contributed by atoms with van der Waals surface area (Å²) in [5, 5.41) is 12.4. The Morgan fingerprint density at radius 2 is 1.95 bits per heavy atom. The molecule has 0 radical (unpaired) electrons. The Balaban J connectivity index is 2.24. The van der Waals surface area contributed by atoms with E-state index in [0.29, 0.717) is 24.4 Å². The number of amides is 2. The van der Waals surface area contributed by atoms with Gasteiger partial charge in [-0.2, -0.15) is 0 Å². The summed E-state index contributed by atoms with van der Waals surface area (Å²) in [6.45, 7) is 6.39. The van der Waals surface area contributed by atoms with Crippen molar-refractivity contribution in [3.8, 4) is 0 Å². The number of urea groups is 1. The third-order valence-electron chi connectivity index (χ3n) is 4.13. The molecule has 0 bridgehead atoms. The van der Waals surface area contributed by atoms with Crippen molar-refractivity contribution in [1.29, 1.82) is 0 Å². The third kappa shape index (κ3) is 3.17. The average molecular weight is 290 g/mol. The number of hydrogen-bond donors (Lipinski definition) is 2. The molecule has 1 aromatic carbocycles. The Bertz CT molecular complexity index is 542. The maximum atomic E-state index is 12.4. The van der Waals surface area contributed by atoms with Gasteiger partial charge in [0.25, 0.3) is 0 Å². The van der Waals surface area contributed by atoms with Crippen LogP contribution >= 0.6 is 0 Å². The highest BCUT2D eigenvalue weighted by atomic mass is 16.4. The lowest BCUT2D eigenvalue weighted by Crippen LogP contribution is -2.51. The second-order valence-electron chi connectivity index (χ2n) is 5.87. The normalized spacial score (nSPS) is 19.0. The first-order valence-electron chi connectivity index (χ1n) is 7.29. The SMILES string of the molecule is CC(C)C(C)NC(=O)N1CCc2ccccc2C1C(=O)O. The first-order chi connectivity index (χ1) is 9.91. The molecule has 2 atom stereocenters. The maximum Gasteiger partial charge on any atom is 0.331 e. The summed E-state index contributed by atoms with van der Waals surface area (Å²) in [5.41, 5.74) is 1.72. The molecule has 0 fully saturated rings. The Morgan fingerprint density at radius 3 is 2.57 bits per heavy atom. The number of carboxylic acid groups (broad SMARTS) is 1. The van der Waals surface area contributed by atoms with E-state index in [1.165, 1.54) is 4.90 Å². The number of nitrogens with zero attached hydrogens (tertiary/aromatic N) is 1. The molecule has 0 saturated carbocycles. The van der Waals surface area contributed by atoms with Crippen LogP contribution in [0.2, 0.25) is 0 Å². The van der Waals surface area contributed by atoms with Gasteiger partial charge in [-0.3, -0.25) is 0 Å². The minimum atomic E-state index is -0.991. The fourth-order valence-electron chi connectivity index (χ4n) is 2.50. The molecule has 1 aromatic rings. The summed E-state index contributed by atoms with van der Waals surface area (Å²) in [7, 11) is 0. The minimum absolute atomic E-state index is 0.00381. The van der Waals surface area contributed by atoms with Gasteiger partial charge in [0, 0.05) is 12.6 Å². The van der Waals surface area contributed by atoms with Gasteiger partial charge in [0.1, 0.15) is 0 Å². The Morgan fingerprint density at radius 1 is 1.29 bits per heavy atom. The number of rotatable bonds is 3. The summed E-state index contributed by atoms with van der Waals surface area (Å²) in [6, 6.07) is 6.22. The molecule has 114 valence electrons. The number of carbonyl (C=O) groups is 2. The van der Waals surface area contributed by atoms with E-state index in [0.717, 1.165) is 5.56 Å². The molecule has 2 N–H and O–H groups in total. The zero-order valence-corrected chi connectivity index (χ0v) is 12.7. The largest absolute Gasteiger partial charge is 0.479 e. The van der Waals surface area contributed by atoms with Gasteiger partial charge in [0.15, 0.2) is 6.04 Å². The predicted molar refractivity (Wildman–Crippen MR) is 80.1 cm³/mol. The standard InChI is InChI=1S/C16H22N2O3/c1-10(2)11(3)17-16(21)18-9-8-12-6-4-5-7-13(12)14(18)15(19)20/h4-7,10-11,14H,8-9H2,1-3H3,(H,17,21)(H,19,20). The number of carbonyl (C=O) groups excluding carboxylic acids is 1. The Labute approximate surface area is 125 Å². The lowest BCUT2D eigenvalue weighted by Gasteiger charge is -2.35. The van der Waals surface area contributed by atoms with E-state index in [1.54, 1.807) is 6.07 Å². The van der Waals surface area contributed by atoms with Gasteiger partial charge >= 0.3 is 12.0 Å². The highest BCUT2D eigenvalue weighted by molar-refractivity contribution is 5.84. The summed E-state index contributed by atoms with van der Waals surface area (Å²) in [4.78, 5) is 25.4. The van der Waals surface area contributed by atoms with Crippen molar-refractivity contribution >= 4 is 12.0 Å². The molecule has 1 aliphatic rings. The van der Waals surface area contributed by atoms with Crippen molar-refractivity contribution in [3.05, 3.63) is 35.4 Å². The van der Waals surface area contributed by atoms with E-state index >= 15 is 0 Å². The quantitative estimate of drug-likeness (QED) is 0.898. The Kier molecular flexibility index (Phi) is 4.50. The molecule has 21 heavy (non-hydrogen) atoms. The molecule has 2 rings (SSSR count). The van der Waals surface area contributed by atoms with Gasteiger partial charge in [-0.15, -0.1) is 0 Å². The smallest absolute Gasteiger partial charge is 0.331 e. The van der Waals surface area contributed by atoms with E-state index in [2.05, 4.69) is 5.32 Å². The van der Waals surface area contributed by atoms with Crippen LogP contribution in [0, 0.1) is 5.92 Å². The first kappa shape index (κ1) is 15.4. The summed E-state index contributed by atoms with van der Waals surface area (Å²) in [5.74, 6) is -0.691. The molecule has 0 aliphatic carbocycles. The topological polar surface area (TPSA) is 69.6 Å². The van der Waals surface area contributed by atoms with E-state index in [-0.39, 0.29) is 12.1 Å². The third-order valence-corrected chi connectivity index (χ3v) is 4.13. The zero-order valence-electron chi connectivity index (χ0n) is 12.7. The van der Waals surface area contributed by atoms with Crippen molar-refractivity contribution in [2.45, 2.75) is 39.3 Å². The van der Waals surface area contributed by atoms with Crippen molar-refractivity contribution in [2.75, 3.05) is 6.54 Å². The van der Waals surface area contributed by atoms with Crippen LogP contribution in [-0.4, -0.2) is 34.6 Å². The molecule has 5 nitrogen and oxygen atoms in total. The first-order valence-corrected chi connectivity index (χ1v) is 7.29. The van der Waals surface area contributed by atoms with E-state index < -0.39 is 12.0 Å². The highest BCUT2D eigenvalue weighted by Crippen LogP contribution is 2.30. The van der Waals surface area contributed by atoms with Crippen LogP contribution in [0.5, 0.6) is 0 Å². The number of hydrogen-bond acceptors (Lipinski definition) is 2. The second-order valence-corrected chi connectivity index (χ2v) is 5.87. The van der Waals surface area contributed by atoms with Crippen LogP contribution in [0.1, 0.15) is 37.9 Å². The lowest BCUT2D eigenvalue weighted by molar-refractivity contribution is -0.142. The second kappa shape index (κ2) is 6.16. The molecular weight excluding hydrogens is 268 g/mol. The van der Waals surface area contributed by atoms with Crippen molar-refractivity contribution in [3.63, 3.8) is 0 Å². The van der Waals surface area contributed by atoms with E-state index in [1.807, 2.05) is 39.0 Å².